The number of hydroxylamine groups is 1. The zero-order chi connectivity index (χ0) is 38.3. The fourth-order valence-corrected chi connectivity index (χ4v) is 5.84. The Kier molecular flexibility index (Phi) is 16.9. The van der Waals surface area contributed by atoms with Crippen LogP contribution in [0.3, 0.4) is 0 Å². The second-order valence-corrected chi connectivity index (χ2v) is 14.2. The Bertz CT molecular complexity index is 1440. The van der Waals surface area contributed by atoms with Crippen molar-refractivity contribution in [1.82, 2.24) is 35.4 Å². The molecule has 1 aromatic rings. The molecule has 23 heteroatoms. The van der Waals surface area contributed by atoms with Crippen LogP contribution in [0.1, 0.15) is 37.8 Å². The second kappa shape index (κ2) is 20.3. The van der Waals surface area contributed by atoms with Crippen LogP contribution < -0.4 is 21.8 Å². The number of aromatic nitrogens is 2. The van der Waals surface area contributed by atoms with Gasteiger partial charge < -0.3 is 55.5 Å². The number of carbonyl (C=O) groups is 6. The van der Waals surface area contributed by atoms with E-state index in [0.29, 0.717) is 25.1 Å². The van der Waals surface area contributed by atoms with E-state index in [1.54, 1.807) is 0 Å². The summed E-state index contributed by atoms with van der Waals surface area (Å²) in [4.78, 5) is 85.5. The third-order valence-corrected chi connectivity index (χ3v) is 9.53. The molecule has 1 aliphatic heterocycles. The molecule has 286 valence electrons. The second-order valence-electron chi connectivity index (χ2n) is 11.4. The number of nitrogens with one attached hydrogen (secondary N) is 4. The van der Waals surface area contributed by atoms with Gasteiger partial charge in [-0.05, 0) is 54.0 Å². The van der Waals surface area contributed by atoms with Crippen LogP contribution in [0, 0.1) is 0 Å². The van der Waals surface area contributed by atoms with Crippen LogP contribution in [0.15, 0.2) is 24.0 Å². The number of imidazole rings is 1. The van der Waals surface area contributed by atoms with Crippen molar-refractivity contribution in [3.8, 4) is 0 Å². The van der Waals surface area contributed by atoms with Gasteiger partial charge in [0, 0.05) is 18.3 Å². The zero-order valence-corrected chi connectivity index (χ0v) is 29.4. The van der Waals surface area contributed by atoms with Gasteiger partial charge in [-0.2, -0.15) is 0 Å². The molecule has 4 atom stereocenters. The summed E-state index contributed by atoms with van der Waals surface area (Å²) in [5.41, 5.74) is 8.01. The van der Waals surface area contributed by atoms with Crippen molar-refractivity contribution in [3.63, 3.8) is 0 Å². The molecule has 0 aromatic carbocycles. The van der Waals surface area contributed by atoms with Gasteiger partial charge in [0.05, 0.1) is 25.8 Å². The minimum atomic E-state index is -3.80. The van der Waals surface area contributed by atoms with Crippen molar-refractivity contribution in [2.45, 2.75) is 62.8 Å². The number of carboxylic acid groups (broad SMARTS) is 1. The van der Waals surface area contributed by atoms with E-state index in [-0.39, 0.29) is 12.8 Å². The topological polar surface area (TPSA) is 314 Å². The average molecular weight is 749 g/mol. The smallest absolute Gasteiger partial charge is 0.395 e. The van der Waals surface area contributed by atoms with Crippen LogP contribution in [-0.4, -0.2) is 142 Å². The molecule has 0 fully saturated rings. The number of aliphatic hydroxyl groups is 2. The highest BCUT2D eigenvalue weighted by Crippen LogP contribution is 2.53. The van der Waals surface area contributed by atoms with Crippen molar-refractivity contribution in [3.05, 3.63) is 29.7 Å². The number of nitrogens with two attached hydrogens (primary N) is 1. The van der Waals surface area contributed by atoms with E-state index in [1.165, 1.54) is 50.1 Å². The SMILES string of the molecule is CN(C)P(=O)(OC1=C(O)C(C(CO)OC(=O)CCC(=O)ONCC(=O)NC(Cc2cnc[nH]2)C(=O)NC(CCCCN)C(=O)O)OC1=O)N(C)C. The average Bonchev–Trinajstić information content (AvgIpc) is 3.68. The van der Waals surface area contributed by atoms with E-state index in [2.05, 4.69) is 26.1 Å². The maximum Gasteiger partial charge on any atom is 0.395 e. The number of unbranched alkanes of at least 4 members (excludes halogenated alkanes) is 1. The molecule has 51 heavy (non-hydrogen) atoms. The quantitative estimate of drug-likeness (QED) is 0.0194. The molecule has 1 aliphatic rings. The molecule has 0 spiro atoms. The Labute approximate surface area is 292 Å². The molecule has 0 saturated carbocycles. The minimum Gasteiger partial charge on any atom is -0.505 e. The Morgan fingerprint density at radius 1 is 1.08 bits per heavy atom. The summed E-state index contributed by atoms with van der Waals surface area (Å²) in [5.74, 6) is -7.81. The molecule has 2 heterocycles. The number of aliphatic carboxylic acids is 1. The summed E-state index contributed by atoms with van der Waals surface area (Å²) in [5, 5.41) is 34.6. The van der Waals surface area contributed by atoms with Crippen LogP contribution in [-0.2, 0) is 58.6 Å². The Morgan fingerprint density at radius 2 is 1.75 bits per heavy atom. The Balaban J connectivity index is 1.89. The summed E-state index contributed by atoms with van der Waals surface area (Å²) in [6.45, 7) is -1.21. The number of cyclic esters (lactones) is 1. The van der Waals surface area contributed by atoms with Gasteiger partial charge in [0.15, 0.2) is 11.9 Å². The molecule has 2 amide bonds. The van der Waals surface area contributed by atoms with Gasteiger partial charge in [0.1, 0.15) is 18.6 Å². The predicted octanol–water partition coefficient (Wildman–Crippen LogP) is -2.19. The van der Waals surface area contributed by atoms with Crippen molar-refractivity contribution in [1.29, 1.82) is 0 Å². The maximum atomic E-state index is 13.1. The molecule has 0 aliphatic carbocycles. The van der Waals surface area contributed by atoms with Crippen molar-refractivity contribution < 1.29 is 67.5 Å². The van der Waals surface area contributed by atoms with E-state index in [9.17, 15) is 48.7 Å². The standard InChI is InChI=1S/C28H45N8O14P/c1-35(2)51(46,36(3)4)50-25-23(41)24(48-28(25)45)19(14-37)47-21(39)8-9-22(40)49-32-13-20(38)33-18(11-16-12-30-15-31-16)26(42)34-17(27(43)44)7-5-6-10-29/h12,15,17-19,24,32,37,41H,5-11,13-14,29H2,1-4H3,(H,30,31)(H,33,38)(H,34,42)(H,43,44). The Morgan fingerprint density at radius 3 is 2.31 bits per heavy atom. The van der Waals surface area contributed by atoms with Gasteiger partial charge >= 0.3 is 31.5 Å². The Hall–Kier alpha value is -4.60. The number of ether oxygens (including phenoxy) is 2. The molecule has 2 rings (SSSR count). The number of aliphatic hydroxyl groups excluding tert-OH is 2. The van der Waals surface area contributed by atoms with Gasteiger partial charge in [-0.3, -0.25) is 19.2 Å². The molecular formula is C28H45N8O14P. The first kappa shape index (κ1) is 42.6. The number of amides is 2. The van der Waals surface area contributed by atoms with E-state index in [0.717, 1.165) is 0 Å². The number of H-pyrrole nitrogens is 1. The molecule has 0 saturated heterocycles. The summed E-state index contributed by atoms with van der Waals surface area (Å²) in [6.07, 6.45) is -0.671. The first-order chi connectivity index (χ1) is 24.0. The molecular weight excluding hydrogens is 703 g/mol. The summed E-state index contributed by atoms with van der Waals surface area (Å²) >= 11 is 0. The van der Waals surface area contributed by atoms with E-state index < -0.39 is 105 Å². The van der Waals surface area contributed by atoms with E-state index >= 15 is 0 Å². The third-order valence-electron chi connectivity index (χ3n) is 7.09. The number of carbonyl (C=O) groups excluding carboxylic acids is 5. The first-order valence-corrected chi connectivity index (χ1v) is 17.1. The first-order valence-electron chi connectivity index (χ1n) is 15.6. The number of aromatic amines is 1. The van der Waals surface area contributed by atoms with Crippen LogP contribution in [0.4, 0.5) is 0 Å². The van der Waals surface area contributed by atoms with Crippen LogP contribution in [0.2, 0.25) is 0 Å². The zero-order valence-electron chi connectivity index (χ0n) is 28.5. The van der Waals surface area contributed by atoms with Crippen LogP contribution in [0.5, 0.6) is 0 Å². The molecule has 9 N–H and O–H groups in total. The number of carboxylic acids is 1. The number of hydrogen-bond donors (Lipinski definition) is 8. The van der Waals surface area contributed by atoms with Crippen molar-refractivity contribution >= 4 is 43.4 Å². The lowest BCUT2D eigenvalue weighted by molar-refractivity contribution is -0.167. The number of esters is 2. The van der Waals surface area contributed by atoms with E-state index in [4.69, 9.17) is 24.6 Å². The fourth-order valence-electron chi connectivity index (χ4n) is 4.39. The monoisotopic (exact) mass is 748 g/mol. The number of hydrogen-bond acceptors (Lipinski definition) is 16. The summed E-state index contributed by atoms with van der Waals surface area (Å²) in [7, 11) is 1.85. The normalized spacial score (nSPS) is 16.3. The maximum absolute atomic E-state index is 13.1. The van der Waals surface area contributed by atoms with E-state index in [1.807, 2.05) is 0 Å². The lowest BCUT2D eigenvalue weighted by Crippen LogP contribution is -2.53. The molecule has 0 bridgehead atoms. The molecule has 4 unspecified atom stereocenters. The van der Waals surface area contributed by atoms with Crippen molar-refractivity contribution in [2.75, 3.05) is 47.9 Å². The number of rotatable bonds is 23. The van der Waals surface area contributed by atoms with Crippen molar-refractivity contribution in [2.24, 2.45) is 5.73 Å². The molecule has 1 aromatic heterocycles. The minimum absolute atomic E-state index is 0.0711. The molecule has 0 radical (unpaired) electrons. The van der Waals surface area contributed by atoms with Gasteiger partial charge in [0.2, 0.25) is 17.9 Å². The van der Waals surface area contributed by atoms with Crippen LogP contribution >= 0.6 is 7.67 Å². The van der Waals surface area contributed by atoms with Gasteiger partial charge in [-0.25, -0.2) is 28.5 Å². The largest absolute Gasteiger partial charge is 0.505 e. The van der Waals surface area contributed by atoms with Gasteiger partial charge in [-0.15, -0.1) is 5.48 Å². The lowest BCUT2D eigenvalue weighted by Gasteiger charge is -2.29. The highest BCUT2D eigenvalue weighted by atomic mass is 31.2. The third kappa shape index (κ3) is 12.9. The summed E-state index contributed by atoms with van der Waals surface area (Å²) < 4.78 is 30.8. The number of nitrogens with zero attached hydrogens (tertiary/aromatic N) is 3. The van der Waals surface area contributed by atoms with Gasteiger partial charge in [-0.1, -0.05) is 0 Å². The fraction of sp³-hybridized carbons (Fsp3) is 0.607. The van der Waals surface area contributed by atoms with Gasteiger partial charge in [0.25, 0.3) is 5.76 Å². The predicted molar refractivity (Wildman–Crippen MR) is 173 cm³/mol. The molecule has 22 nitrogen and oxygen atoms in total. The lowest BCUT2D eigenvalue weighted by atomic mass is 10.1. The summed E-state index contributed by atoms with van der Waals surface area (Å²) in [6, 6.07) is -2.45. The highest BCUT2D eigenvalue weighted by Gasteiger charge is 2.46. The van der Waals surface area contributed by atoms with Crippen LogP contribution in [0.25, 0.3) is 0 Å². The highest BCUT2D eigenvalue weighted by molar-refractivity contribution is 7.54.